The van der Waals surface area contributed by atoms with Gasteiger partial charge in [0.05, 0.1) is 12.2 Å². The van der Waals surface area contributed by atoms with Gasteiger partial charge in [0, 0.05) is 25.5 Å². The molecule has 2 aliphatic heterocycles. The van der Waals surface area contributed by atoms with Crippen molar-refractivity contribution in [3.8, 4) is 0 Å². The third-order valence-electron chi connectivity index (χ3n) is 3.28. The van der Waals surface area contributed by atoms with E-state index in [1.54, 1.807) is 0 Å². The Hall–Kier alpha value is -0.0500. The van der Waals surface area contributed by atoms with Crippen LogP contribution in [0.15, 0.2) is 12.2 Å². The summed E-state index contributed by atoms with van der Waals surface area (Å²) >= 11 is 5.64. The van der Waals surface area contributed by atoms with Gasteiger partial charge >= 0.3 is 0 Å². The van der Waals surface area contributed by atoms with E-state index in [2.05, 4.69) is 12.2 Å². The van der Waals surface area contributed by atoms with Crippen molar-refractivity contribution in [1.29, 1.82) is 0 Å². The summed E-state index contributed by atoms with van der Waals surface area (Å²) in [6.45, 7) is 2.52. The van der Waals surface area contributed by atoms with E-state index in [1.807, 2.05) is 0 Å². The molecule has 15 heavy (non-hydrogen) atoms. The predicted molar refractivity (Wildman–Crippen MR) is 61.3 cm³/mol. The Morgan fingerprint density at radius 1 is 1.40 bits per heavy atom. The van der Waals surface area contributed by atoms with Crippen LogP contribution < -0.4 is 0 Å². The minimum absolute atomic E-state index is 0.0359. The van der Waals surface area contributed by atoms with Crippen molar-refractivity contribution < 1.29 is 9.47 Å². The number of hydrogen-bond donors (Lipinski definition) is 0. The number of rotatable bonds is 3. The molecule has 0 aromatic rings. The van der Waals surface area contributed by atoms with Crippen molar-refractivity contribution >= 4 is 11.6 Å². The summed E-state index contributed by atoms with van der Waals surface area (Å²) in [7, 11) is 0. The van der Waals surface area contributed by atoms with Crippen LogP contribution in [0.1, 0.15) is 25.7 Å². The second-order valence-electron chi connectivity index (χ2n) is 4.49. The monoisotopic (exact) mass is 230 g/mol. The van der Waals surface area contributed by atoms with E-state index in [4.69, 9.17) is 21.1 Å². The zero-order valence-corrected chi connectivity index (χ0v) is 9.84. The molecule has 2 rings (SSSR count). The minimum atomic E-state index is 0.0359. The molecular formula is C12H19ClO2. The highest BCUT2D eigenvalue weighted by atomic mass is 35.5. The first-order chi connectivity index (χ1) is 7.35. The number of hydrogen-bond acceptors (Lipinski definition) is 2. The van der Waals surface area contributed by atoms with E-state index >= 15 is 0 Å². The molecular weight excluding hydrogens is 212 g/mol. The lowest BCUT2D eigenvalue weighted by Gasteiger charge is -2.36. The average molecular weight is 231 g/mol. The van der Waals surface area contributed by atoms with Gasteiger partial charge in [-0.25, -0.2) is 0 Å². The Labute approximate surface area is 96.6 Å². The fourth-order valence-electron chi connectivity index (χ4n) is 2.44. The number of halogens is 1. The largest absolute Gasteiger partial charge is 0.378 e. The summed E-state index contributed by atoms with van der Waals surface area (Å²) in [6.07, 6.45) is 8.80. The molecule has 0 bridgehead atoms. The van der Waals surface area contributed by atoms with E-state index in [0.29, 0.717) is 11.8 Å². The lowest BCUT2D eigenvalue weighted by atomic mass is 9.85. The lowest BCUT2D eigenvalue weighted by Crippen LogP contribution is -2.39. The predicted octanol–water partition coefficient (Wildman–Crippen LogP) is 2.76. The number of allylic oxidation sites excluding steroid dienone is 2. The summed E-state index contributed by atoms with van der Waals surface area (Å²) in [5.74, 6) is 1.37. The smallest absolute Gasteiger partial charge is 0.0942 e. The molecule has 0 N–H and O–H groups in total. The molecule has 2 unspecified atom stereocenters. The Bertz CT molecular complexity index is 222. The van der Waals surface area contributed by atoms with Crippen LogP contribution in [0.5, 0.6) is 0 Å². The molecule has 2 nitrogen and oxygen atoms in total. The summed E-state index contributed by atoms with van der Waals surface area (Å²) in [5.41, 5.74) is 0.0359. The first-order valence-corrected chi connectivity index (χ1v) is 6.32. The van der Waals surface area contributed by atoms with E-state index in [0.717, 1.165) is 45.5 Å². The summed E-state index contributed by atoms with van der Waals surface area (Å²) in [5, 5.41) is 0. The van der Waals surface area contributed by atoms with E-state index in [1.165, 1.54) is 0 Å². The maximum absolute atomic E-state index is 5.88. The Morgan fingerprint density at radius 2 is 2.33 bits per heavy atom. The second-order valence-corrected chi connectivity index (χ2v) is 4.87. The van der Waals surface area contributed by atoms with Crippen LogP contribution in [-0.4, -0.2) is 31.3 Å². The Morgan fingerprint density at radius 3 is 3.07 bits per heavy atom. The first kappa shape index (κ1) is 11.4. The van der Waals surface area contributed by atoms with Crippen LogP contribution in [-0.2, 0) is 9.47 Å². The molecule has 0 aliphatic carbocycles. The van der Waals surface area contributed by atoms with Crippen molar-refractivity contribution in [2.45, 2.75) is 31.3 Å². The highest BCUT2D eigenvalue weighted by Crippen LogP contribution is 2.36. The van der Waals surface area contributed by atoms with Crippen LogP contribution >= 0.6 is 11.6 Å². The fourth-order valence-corrected chi connectivity index (χ4v) is 2.57. The Balaban J connectivity index is 1.86. The maximum atomic E-state index is 5.88. The number of alkyl halides is 1. The molecule has 2 fully saturated rings. The molecule has 0 saturated carbocycles. The SMILES string of the molecule is ClCCC=CC1CCOC2(CCOC2)C1. The molecule has 2 saturated heterocycles. The van der Waals surface area contributed by atoms with Crippen LogP contribution in [0.4, 0.5) is 0 Å². The van der Waals surface area contributed by atoms with E-state index < -0.39 is 0 Å². The molecule has 0 aromatic heterocycles. The quantitative estimate of drug-likeness (QED) is 0.548. The molecule has 2 heterocycles. The van der Waals surface area contributed by atoms with E-state index in [-0.39, 0.29) is 5.60 Å². The standard InChI is InChI=1S/C12H19ClO2/c13-6-2-1-3-11-4-7-15-12(9-11)5-8-14-10-12/h1,3,11H,2,4-10H2. The second kappa shape index (κ2) is 5.33. The summed E-state index contributed by atoms with van der Waals surface area (Å²) < 4.78 is 11.3. The zero-order chi connectivity index (χ0) is 10.6. The fraction of sp³-hybridized carbons (Fsp3) is 0.833. The molecule has 86 valence electrons. The highest BCUT2D eigenvalue weighted by Gasteiger charge is 2.40. The van der Waals surface area contributed by atoms with Gasteiger partial charge in [0.1, 0.15) is 0 Å². The highest BCUT2D eigenvalue weighted by molar-refractivity contribution is 6.17. The van der Waals surface area contributed by atoms with Crippen LogP contribution in [0.2, 0.25) is 0 Å². The van der Waals surface area contributed by atoms with Gasteiger partial charge in [0.15, 0.2) is 0 Å². The van der Waals surface area contributed by atoms with E-state index in [9.17, 15) is 0 Å². The topological polar surface area (TPSA) is 18.5 Å². The maximum Gasteiger partial charge on any atom is 0.0942 e. The van der Waals surface area contributed by atoms with Gasteiger partial charge in [-0.2, -0.15) is 0 Å². The molecule has 1 spiro atoms. The number of ether oxygens (including phenoxy) is 2. The molecule has 0 amide bonds. The van der Waals surface area contributed by atoms with Crippen molar-refractivity contribution in [3.05, 3.63) is 12.2 Å². The zero-order valence-electron chi connectivity index (χ0n) is 9.08. The van der Waals surface area contributed by atoms with Crippen LogP contribution in [0.25, 0.3) is 0 Å². The first-order valence-electron chi connectivity index (χ1n) is 5.79. The Kier molecular flexibility index (Phi) is 4.06. The van der Waals surface area contributed by atoms with Crippen molar-refractivity contribution in [3.63, 3.8) is 0 Å². The van der Waals surface area contributed by atoms with Crippen molar-refractivity contribution in [1.82, 2.24) is 0 Å². The van der Waals surface area contributed by atoms with Crippen LogP contribution in [0.3, 0.4) is 0 Å². The molecule has 2 atom stereocenters. The lowest BCUT2D eigenvalue weighted by molar-refractivity contribution is -0.0910. The third-order valence-corrected chi connectivity index (χ3v) is 3.50. The van der Waals surface area contributed by atoms with Gasteiger partial charge in [0.25, 0.3) is 0 Å². The van der Waals surface area contributed by atoms with Gasteiger partial charge in [-0.05, 0) is 25.2 Å². The van der Waals surface area contributed by atoms with Crippen molar-refractivity contribution in [2.75, 3.05) is 25.7 Å². The molecule has 3 heteroatoms. The van der Waals surface area contributed by atoms with Gasteiger partial charge in [0.2, 0.25) is 0 Å². The summed E-state index contributed by atoms with van der Waals surface area (Å²) in [6, 6.07) is 0. The van der Waals surface area contributed by atoms with Gasteiger partial charge in [-0.15, -0.1) is 11.6 Å². The third kappa shape index (κ3) is 2.96. The van der Waals surface area contributed by atoms with Gasteiger partial charge in [-0.1, -0.05) is 12.2 Å². The summed E-state index contributed by atoms with van der Waals surface area (Å²) in [4.78, 5) is 0. The molecule has 2 aliphatic rings. The average Bonchev–Trinajstić information content (AvgIpc) is 2.67. The van der Waals surface area contributed by atoms with Gasteiger partial charge in [-0.3, -0.25) is 0 Å². The minimum Gasteiger partial charge on any atom is -0.378 e. The van der Waals surface area contributed by atoms with Gasteiger partial charge < -0.3 is 9.47 Å². The van der Waals surface area contributed by atoms with Crippen LogP contribution in [0, 0.1) is 5.92 Å². The normalized spacial score (nSPS) is 36.7. The van der Waals surface area contributed by atoms with Crippen molar-refractivity contribution in [2.24, 2.45) is 5.92 Å². The molecule has 0 radical (unpaired) electrons. The molecule has 0 aromatic carbocycles.